The first-order chi connectivity index (χ1) is 7.87. The van der Waals surface area contributed by atoms with E-state index >= 15 is 0 Å². The van der Waals surface area contributed by atoms with Crippen LogP contribution in [0.3, 0.4) is 0 Å². The Kier molecular flexibility index (Phi) is 3.45. The van der Waals surface area contributed by atoms with Crippen molar-refractivity contribution in [2.45, 2.75) is 19.4 Å². The van der Waals surface area contributed by atoms with E-state index in [1.807, 2.05) is 0 Å². The third kappa shape index (κ3) is 2.98. The molecule has 1 atom stereocenters. The maximum absolute atomic E-state index is 13.2. The van der Waals surface area contributed by atoms with Crippen LogP contribution in [0.1, 0.15) is 12.0 Å². The van der Waals surface area contributed by atoms with Gasteiger partial charge in [-0.25, -0.2) is 12.8 Å². The van der Waals surface area contributed by atoms with Crippen molar-refractivity contribution in [2.75, 3.05) is 16.8 Å². The largest absolute Gasteiger partial charge is 0.381 e. The summed E-state index contributed by atoms with van der Waals surface area (Å²) >= 11 is 3.12. The molecule has 1 heterocycles. The van der Waals surface area contributed by atoms with E-state index in [0.29, 0.717) is 10.9 Å². The highest BCUT2D eigenvalue weighted by molar-refractivity contribution is 9.10. The number of aryl methyl sites for hydroxylation is 1. The van der Waals surface area contributed by atoms with Gasteiger partial charge in [-0.1, -0.05) is 0 Å². The molecule has 0 saturated carbocycles. The lowest BCUT2D eigenvalue weighted by Gasteiger charge is -2.15. The second kappa shape index (κ2) is 4.57. The average Bonchev–Trinajstić information content (AvgIpc) is 2.54. The van der Waals surface area contributed by atoms with E-state index in [1.54, 1.807) is 13.0 Å². The zero-order valence-corrected chi connectivity index (χ0v) is 11.7. The first-order valence-electron chi connectivity index (χ1n) is 5.30. The third-order valence-corrected chi connectivity index (χ3v) is 5.23. The normalized spacial score (nSPS) is 22.6. The fraction of sp³-hybridized carbons (Fsp3) is 0.455. The molecule has 1 unspecified atom stereocenters. The van der Waals surface area contributed by atoms with Crippen LogP contribution in [0.15, 0.2) is 16.6 Å². The predicted octanol–water partition coefficient (Wildman–Crippen LogP) is 2.50. The van der Waals surface area contributed by atoms with Gasteiger partial charge in [0.25, 0.3) is 0 Å². The number of rotatable bonds is 2. The zero-order chi connectivity index (χ0) is 12.6. The number of benzene rings is 1. The van der Waals surface area contributed by atoms with Crippen molar-refractivity contribution >= 4 is 31.5 Å². The molecule has 1 aromatic rings. The van der Waals surface area contributed by atoms with Crippen molar-refractivity contribution in [2.24, 2.45) is 0 Å². The van der Waals surface area contributed by atoms with Gasteiger partial charge >= 0.3 is 0 Å². The van der Waals surface area contributed by atoms with Gasteiger partial charge in [-0.15, -0.1) is 0 Å². The van der Waals surface area contributed by atoms with Crippen LogP contribution >= 0.6 is 15.9 Å². The van der Waals surface area contributed by atoms with Gasteiger partial charge in [0, 0.05) is 11.7 Å². The molecule has 0 bridgehead atoms. The fourth-order valence-corrected chi connectivity index (χ4v) is 3.95. The molecular formula is C11H13BrFNO2S. The lowest BCUT2D eigenvalue weighted by atomic mass is 10.1. The molecule has 1 saturated heterocycles. The van der Waals surface area contributed by atoms with Crippen LogP contribution in [-0.2, 0) is 9.84 Å². The summed E-state index contributed by atoms with van der Waals surface area (Å²) in [6.07, 6.45) is 0.608. The highest BCUT2D eigenvalue weighted by Gasteiger charge is 2.28. The van der Waals surface area contributed by atoms with Crippen molar-refractivity contribution in [1.29, 1.82) is 0 Å². The summed E-state index contributed by atoms with van der Waals surface area (Å²) in [6, 6.07) is 3.00. The van der Waals surface area contributed by atoms with E-state index in [0.717, 1.165) is 11.3 Å². The Balaban J connectivity index is 2.17. The molecule has 1 aliphatic heterocycles. The van der Waals surface area contributed by atoms with Crippen LogP contribution in [0.5, 0.6) is 0 Å². The maximum Gasteiger partial charge on any atom is 0.152 e. The van der Waals surface area contributed by atoms with E-state index in [-0.39, 0.29) is 23.4 Å². The lowest BCUT2D eigenvalue weighted by molar-refractivity contribution is 0.601. The van der Waals surface area contributed by atoms with Crippen molar-refractivity contribution in [3.8, 4) is 0 Å². The van der Waals surface area contributed by atoms with E-state index in [4.69, 9.17) is 0 Å². The Hall–Kier alpha value is -0.620. The molecule has 0 radical (unpaired) electrons. The summed E-state index contributed by atoms with van der Waals surface area (Å²) in [5, 5.41) is 3.16. The second-order valence-corrected chi connectivity index (χ2v) is 7.41. The Morgan fingerprint density at radius 2 is 2.18 bits per heavy atom. The highest BCUT2D eigenvalue weighted by Crippen LogP contribution is 2.26. The number of anilines is 1. The maximum atomic E-state index is 13.2. The van der Waals surface area contributed by atoms with Crippen LogP contribution in [0.25, 0.3) is 0 Å². The topological polar surface area (TPSA) is 46.2 Å². The summed E-state index contributed by atoms with van der Waals surface area (Å²) in [6.45, 7) is 1.79. The molecule has 1 aromatic carbocycles. The minimum absolute atomic E-state index is 0.0731. The molecular weight excluding hydrogens is 309 g/mol. The number of sulfone groups is 1. The Labute approximate surface area is 108 Å². The van der Waals surface area contributed by atoms with Gasteiger partial charge in [-0.3, -0.25) is 0 Å². The standard InChI is InChI=1S/C11H13BrFNO2S/c1-7-4-10(13)9(12)5-11(7)14-8-2-3-17(15,16)6-8/h4-5,8,14H,2-3,6H2,1H3. The number of nitrogens with one attached hydrogen (secondary N) is 1. The number of hydrogen-bond acceptors (Lipinski definition) is 3. The van der Waals surface area contributed by atoms with Crippen LogP contribution in [-0.4, -0.2) is 26.0 Å². The van der Waals surface area contributed by atoms with Gasteiger partial charge in [0.15, 0.2) is 9.84 Å². The molecule has 17 heavy (non-hydrogen) atoms. The minimum Gasteiger partial charge on any atom is -0.381 e. The van der Waals surface area contributed by atoms with Crippen LogP contribution in [0, 0.1) is 12.7 Å². The van der Waals surface area contributed by atoms with Gasteiger partial charge in [-0.05, 0) is 47.0 Å². The summed E-state index contributed by atoms with van der Waals surface area (Å²) in [4.78, 5) is 0. The first kappa shape index (κ1) is 12.8. The van der Waals surface area contributed by atoms with E-state index < -0.39 is 9.84 Å². The van der Waals surface area contributed by atoms with Crippen LogP contribution < -0.4 is 5.32 Å². The monoisotopic (exact) mass is 321 g/mol. The van der Waals surface area contributed by atoms with Gasteiger partial charge in [0.1, 0.15) is 5.82 Å². The van der Waals surface area contributed by atoms with Crippen molar-refractivity contribution < 1.29 is 12.8 Å². The molecule has 1 aliphatic rings. The molecule has 1 N–H and O–H groups in total. The number of halogens is 2. The quantitative estimate of drug-likeness (QED) is 0.910. The van der Waals surface area contributed by atoms with E-state index in [2.05, 4.69) is 21.2 Å². The van der Waals surface area contributed by atoms with Gasteiger partial charge in [0.2, 0.25) is 0 Å². The van der Waals surface area contributed by atoms with Gasteiger partial charge in [-0.2, -0.15) is 0 Å². The summed E-state index contributed by atoms with van der Waals surface area (Å²) in [5.41, 5.74) is 1.55. The third-order valence-electron chi connectivity index (χ3n) is 2.86. The van der Waals surface area contributed by atoms with Gasteiger partial charge < -0.3 is 5.32 Å². The number of hydrogen-bond donors (Lipinski definition) is 1. The van der Waals surface area contributed by atoms with Crippen LogP contribution in [0.4, 0.5) is 10.1 Å². The molecule has 2 rings (SSSR count). The highest BCUT2D eigenvalue weighted by atomic mass is 79.9. The van der Waals surface area contributed by atoms with Crippen LogP contribution in [0.2, 0.25) is 0 Å². The Bertz CT molecular complexity index is 545. The molecule has 6 heteroatoms. The zero-order valence-electron chi connectivity index (χ0n) is 9.33. The second-order valence-electron chi connectivity index (χ2n) is 4.33. The predicted molar refractivity (Wildman–Crippen MR) is 69.5 cm³/mol. The SMILES string of the molecule is Cc1cc(F)c(Br)cc1NC1CCS(=O)(=O)C1. The fourth-order valence-electron chi connectivity index (χ4n) is 1.93. The molecule has 94 valence electrons. The van der Waals surface area contributed by atoms with Gasteiger partial charge in [0.05, 0.1) is 16.0 Å². The summed E-state index contributed by atoms with van der Waals surface area (Å²) in [7, 11) is -2.89. The van der Waals surface area contributed by atoms with Crippen molar-refractivity contribution in [3.63, 3.8) is 0 Å². The van der Waals surface area contributed by atoms with E-state index in [1.165, 1.54) is 6.07 Å². The molecule has 0 aromatic heterocycles. The summed E-state index contributed by atoms with van der Waals surface area (Å²) < 4.78 is 36.3. The van der Waals surface area contributed by atoms with Crippen molar-refractivity contribution in [1.82, 2.24) is 0 Å². The summed E-state index contributed by atoms with van der Waals surface area (Å²) in [5.74, 6) is 0.0696. The Morgan fingerprint density at radius 3 is 2.76 bits per heavy atom. The molecule has 1 fully saturated rings. The smallest absolute Gasteiger partial charge is 0.152 e. The minimum atomic E-state index is -2.89. The van der Waals surface area contributed by atoms with Crippen molar-refractivity contribution in [3.05, 3.63) is 28.0 Å². The molecule has 3 nitrogen and oxygen atoms in total. The average molecular weight is 322 g/mol. The molecule has 0 amide bonds. The lowest BCUT2D eigenvalue weighted by Crippen LogP contribution is -2.21. The molecule has 0 aliphatic carbocycles. The first-order valence-corrected chi connectivity index (χ1v) is 7.91. The Morgan fingerprint density at radius 1 is 1.47 bits per heavy atom. The van der Waals surface area contributed by atoms with E-state index in [9.17, 15) is 12.8 Å². The molecule has 0 spiro atoms.